The zero-order valence-corrected chi connectivity index (χ0v) is 20.6. The lowest BCUT2D eigenvalue weighted by Crippen LogP contribution is -2.26. The van der Waals surface area contributed by atoms with Crippen LogP contribution in [0.2, 0.25) is 5.02 Å². The summed E-state index contributed by atoms with van der Waals surface area (Å²) >= 11 is 6.19. The van der Waals surface area contributed by atoms with Crippen LogP contribution in [0.3, 0.4) is 0 Å². The lowest BCUT2D eigenvalue weighted by atomic mass is 10.1. The normalized spacial score (nSPS) is 12.8. The van der Waals surface area contributed by atoms with E-state index in [0.717, 1.165) is 42.7 Å². The Morgan fingerprint density at radius 3 is 2.49 bits per heavy atom. The Morgan fingerprint density at radius 2 is 1.71 bits per heavy atom. The van der Waals surface area contributed by atoms with Gasteiger partial charge in [-0.15, -0.1) is 0 Å². The Kier molecular flexibility index (Phi) is 7.77. The number of amides is 3. The average molecular weight is 493 g/mol. The molecule has 0 radical (unpaired) electrons. The fraction of sp³-hybridized carbons (Fsp3) is 0.259. The van der Waals surface area contributed by atoms with Gasteiger partial charge in [-0.1, -0.05) is 35.9 Å². The van der Waals surface area contributed by atoms with E-state index in [4.69, 9.17) is 16.3 Å². The maximum absolute atomic E-state index is 13.0. The van der Waals surface area contributed by atoms with Crippen LogP contribution in [0, 0.1) is 6.92 Å². The molecule has 3 aromatic rings. The first-order chi connectivity index (χ1) is 17.0. The van der Waals surface area contributed by atoms with E-state index < -0.39 is 6.03 Å². The summed E-state index contributed by atoms with van der Waals surface area (Å²) in [6, 6.07) is 17.9. The minimum atomic E-state index is -0.401. The maximum atomic E-state index is 13.0. The van der Waals surface area contributed by atoms with E-state index >= 15 is 0 Å². The summed E-state index contributed by atoms with van der Waals surface area (Å²) in [6.07, 6.45) is 2.18. The molecule has 0 aliphatic carbocycles. The van der Waals surface area contributed by atoms with Crippen LogP contribution in [0.1, 0.15) is 34.3 Å². The number of carbonyl (C=O) groups excluding carboxylic acids is 2. The molecule has 1 heterocycles. The molecule has 0 unspecified atom stereocenters. The fourth-order valence-corrected chi connectivity index (χ4v) is 4.33. The van der Waals surface area contributed by atoms with Crippen molar-refractivity contribution < 1.29 is 14.3 Å². The van der Waals surface area contributed by atoms with Crippen LogP contribution in [0.25, 0.3) is 0 Å². The summed E-state index contributed by atoms with van der Waals surface area (Å²) in [6.45, 7) is 3.99. The van der Waals surface area contributed by atoms with Gasteiger partial charge in [-0.25, -0.2) is 4.79 Å². The van der Waals surface area contributed by atoms with Gasteiger partial charge in [-0.05, 0) is 61.7 Å². The van der Waals surface area contributed by atoms with E-state index in [9.17, 15) is 9.59 Å². The molecule has 0 bridgehead atoms. The first kappa shape index (κ1) is 24.4. The second-order valence-electron chi connectivity index (χ2n) is 8.41. The van der Waals surface area contributed by atoms with Crippen molar-refractivity contribution in [2.45, 2.75) is 26.3 Å². The van der Waals surface area contributed by atoms with Crippen molar-refractivity contribution in [3.8, 4) is 5.75 Å². The lowest BCUT2D eigenvalue weighted by Gasteiger charge is -2.22. The molecule has 1 fully saturated rings. The van der Waals surface area contributed by atoms with Crippen molar-refractivity contribution in [2.75, 3.05) is 35.7 Å². The quantitative estimate of drug-likeness (QED) is 0.387. The molecule has 0 spiro atoms. The van der Waals surface area contributed by atoms with Crippen LogP contribution < -0.4 is 25.6 Å². The Balaban J connectivity index is 1.53. The predicted molar refractivity (Wildman–Crippen MR) is 141 cm³/mol. The molecule has 1 saturated heterocycles. The van der Waals surface area contributed by atoms with Crippen LogP contribution in [0.15, 0.2) is 60.7 Å². The number of nitrogens with zero attached hydrogens (tertiary/aromatic N) is 1. The number of ether oxygens (including phenoxy) is 1. The van der Waals surface area contributed by atoms with E-state index in [1.165, 1.54) is 0 Å². The molecular weight excluding hydrogens is 464 g/mol. The maximum Gasteiger partial charge on any atom is 0.323 e. The van der Waals surface area contributed by atoms with E-state index in [1.54, 1.807) is 37.4 Å². The van der Waals surface area contributed by atoms with Gasteiger partial charge in [0, 0.05) is 41.5 Å². The number of para-hydroxylation sites is 1. The molecule has 3 N–H and O–H groups in total. The molecule has 8 heteroatoms. The second kappa shape index (κ2) is 11.1. The molecule has 3 aromatic carbocycles. The number of benzene rings is 3. The summed E-state index contributed by atoms with van der Waals surface area (Å²) < 4.78 is 5.36. The SMILES string of the molecule is COc1ccccc1CNC(=O)c1ccc(N2CCCC2)c(NC(=O)Nc2cccc(Cl)c2C)c1. The van der Waals surface area contributed by atoms with E-state index in [1.807, 2.05) is 37.3 Å². The molecule has 0 saturated carbocycles. The van der Waals surface area contributed by atoms with Crippen molar-refractivity contribution in [2.24, 2.45) is 0 Å². The molecule has 4 rings (SSSR count). The predicted octanol–water partition coefficient (Wildman–Crippen LogP) is 5.83. The van der Waals surface area contributed by atoms with Crippen molar-refractivity contribution in [1.29, 1.82) is 0 Å². The molecule has 0 atom stereocenters. The van der Waals surface area contributed by atoms with Crippen molar-refractivity contribution >= 4 is 40.6 Å². The van der Waals surface area contributed by atoms with E-state index in [-0.39, 0.29) is 5.91 Å². The molecule has 35 heavy (non-hydrogen) atoms. The van der Waals surface area contributed by atoms with Crippen LogP contribution >= 0.6 is 11.6 Å². The first-order valence-corrected chi connectivity index (χ1v) is 12.0. The highest BCUT2D eigenvalue weighted by atomic mass is 35.5. The lowest BCUT2D eigenvalue weighted by molar-refractivity contribution is 0.0950. The van der Waals surface area contributed by atoms with Crippen LogP contribution in [0.5, 0.6) is 5.75 Å². The number of hydrogen-bond acceptors (Lipinski definition) is 4. The van der Waals surface area contributed by atoms with Gasteiger partial charge >= 0.3 is 6.03 Å². The van der Waals surface area contributed by atoms with Crippen LogP contribution in [0.4, 0.5) is 21.9 Å². The van der Waals surface area contributed by atoms with Crippen molar-refractivity contribution in [3.05, 3.63) is 82.4 Å². The van der Waals surface area contributed by atoms with E-state index in [0.29, 0.717) is 34.3 Å². The number of urea groups is 1. The molecule has 0 aromatic heterocycles. The summed E-state index contributed by atoms with van der Waals surface area (Å²) in [5.41, 5.74) is 4.22. The van der Waals surface area contributed by atoms with Crippen LogP contribution in [-0.2, 0) is 6.54 Å². The molecular formula is C27H29ClN4O3. The fourth-order valence-electron chi connectivity index (χ4n) is 4.16. The molecule has 1 aliphatic rings. The van der Waals surface area contributed by atoms with Gasteiger partial charge in [-0.2, -0.15) is 0 Å². The highest BCUT2D eigenvalue weighted by molar-refractivity contribution is 6.31. The highest BCUT2D eigenvalue weighted by Crippen LogP contribution is 2.31. The summed E-state index contributed by atoms with van der Waals surface area (Å²) in [7, 11) is 1.60. The Labute approximate surface area is 210 Å². The third-order valence-electron chi connectivity index (χ3n) is 6.10. The number of halogens is 1. The topological polar surface area (TPSA) is 82.7 Å². The van der Waals surface area contributed by atoms with Gasteiger partial charge in [0.1, 0.15) is 5.75 Å². The highest BCUT2D eigenvalue weighted by Gasteiger charge is 2.19. The third-order valence-corrected chi connectivity index (χ3v) is 6.51. The van der Waals surface area contributed by atoms with Gasteiger partial charge in [0.05, 0.1) is 18.5 Å². The molecule has 3 amide bonds. The van der Waals surface area contributed by atoms with Gasteiger partial charge in [0.15, 0.2) is 0 Å². The molecule has 182 valence electrons. The minimum Gasteiger partial charge on any atom is -0.496 e. The zero-order valence-electron chi connectivity index (χ0n) is 19.9. The third kappa shape index (κ3) is 5.87. The Bertz CT molecular complexity index is 1220. The number of rotatable bonds is 7. The van der Waals surface area contributed by atoms with Crippen LogP contribution in [-0.4, -0.2) is 32.1 Å². The first-order valence-electron chi connectivity index (χ1n) is 11.6. The number of carbonyl (C=O) groups is 2. The average Bonchev–Trinajstić information content (AvgIpc) is 3.40. The summed E-state index contributed by atoms with van der Waals surface area (Å²) in [5.74, 6) is 0.477. The van der Waals surface area contributed by atoms with E-state index in [2.05, 4.69) is 20.9 Å². The minimum absolute atomic E-state index is 0.238. The monoisotopic (exact) mass is 492 g/mol. The van der Waals surface area contributed by atoms with Gasteiger partial charge in [0.2, 0.25) is 0 Å². The largest absolute Gasteiger partial charge is 0.496 e. The van der Waals surface area contributed by atoms with Crippen molar-refractivity contribution in [1.82, 2.24) is 5.32 Å². The molecule has 7 nitrogen and oxygen atoms in total. The summed E-state index contributed by atoms with van der Waals surface area (Å²) in [4.78, 5) is 28.0. The van der Waals surface area contributed by atoms with Gasteiger partial charge in [-0.3, -0.25) is 4.79 Å². The van der Waals surface area contributed by atoms with Gasteiger partial charge < -0.3 is 25.6 Å². The molecule has 1 aliphatic heterocycles. The summed E-state index contributed by atoms with van der Waals surface area (Å²) in [5, 5.41) is 9.31. The van der Waals surface area contributed by atoms with Crippen molar-refractivity contribution in [3.63, 3.8) is 0 Å². The number of anilines is 3. The van der Waals surface area contributed by atoms with Gasteiger partial charge in [0.25, 0.3) is 5.91 Å². The number of methoxy groups -OCH3 is 1. The number of nitrogens with one attached hydrogen (secondary N) is 3. The standard InChI is InChI=1S/C27H29ClN4O3/c1-18-21(28)9-7-10-22(18)30-27(34)31-23-16-19(12-13-24(23)32-14-5-6-15-32)26(33)29-17-20-8-3-4-11-25(20)35-2/h3-4,7-13,16H,5-6,14-15,17H2,1-2H3,(H,29,33)(H2,30,31,34). The zero-order chi connectivity index (χ0) is 24.8. The Hall–Kier alpha value is -3.71. The second-order valence-corrected chi connectivity index (χ2v) is 8.82. The number of hydrogen-bond donors (Lipinski definition) is 3. The smallest absolute Gasteiger partial charge is 0.323 e. The Morgan fingerprint density at radius 1 is 0.971 bits per heavy atom.